The van der Waals surface area contributed by atoms with Gasteiger partial charge in [0.1, 0.15) is 5.82 Å². The number of hydrogen-bond acceptors (Lipinski definition) is 5. The molecule has 1 spiro atoms. The molecule has 0 bridgehead atoms. The summed E-state index contributed by atoms with van der Waals surface area (Å²) in [6.07, 6.45) is 3.39. The maximum Gasteiger partial charge on any atom is 0.416 e. The molecule has 5 nitrogen and oxygen atoms in total. The lowest BCUT2D eigenvalue weighted by atomic mass is 9.86. The van der Waals surface area contributed by atoms with Crippen molar-refractivity contribution < 1.29 is 13.2 Å². The lowest BCUT2D eigenvalue weighted by Crippen LogP contribution is -2.26. The van der Waals surface area contributed by atoms with Gasteiger partial charge in [0.15, 0.2) is 5.16 Å². The van der Waals surface area contributed by atoms with Crippen LogP contribution in [0.3, 0.4) is 0 Å². The quantitative estimate of drug-likeness (QED) is 0.425. The molecule has 2 N–H and O–H groups in total. The van der Waals surface area contributed by atoms with E-state index in [1.54, 1.807) is 23.9 Å². The topological polar surface area (TPSA) is 60.0 Å². The van der Waals surface area contributed by atoms with Crippen molar-refractivity contribution in [1.29, 1.82) is 0 Å². The van der Waals surface area contributed by atoms with Gasteiger partial charge in [-0.25, -0.2) is 0 Å². The van der Waals surface area contributed by atoms with E-state index < -0.39 is 11.7 Å². The van der Waals surface area contributed by atoms with Crippen molar-refractivity contribution in [3.63, 3.8) is 0 Å². The van der Waals surface area contributed by atoms with E-state index in [4.69, 9.17) is 5.73 Å². The van der Waals surface area contributed by atoms with E-state index in [1.165, 1.54) is 12.1 Å². The second-order valence-electron chi connectivity index (χ2n) is 10.5. The number of hydrogen-bond donors (Lipinski definition) is 1. The van der Waals surface area contributed by atoms with Crippen LogP contribution < -0.4 is 5.73 Å². The smallest absolute Gasteiger partial charge is 0.328 e. The van der Waals surface area contributed by atoms with Crippen LogP contribution >= 0.6 is 11.8 Å². The molecule has 186 valence electrons. The standard InChI is InChI=1S/C25H34F3N5S/c1-32-22(18-5-9-20(29)10-6-18)30-31-23(32)34-14-2-12-33-13-11-24(16-33)15-21(24)17-3-7-19(8-4-17)25(26,27)28/h3-4,7-8,18,20-21H,2,5-6,9-16,29H2,1H3. The molecule has 2 aromatic rings. The number of rotatable bonds is 7. The van der Waals surface area contributed by atoms with E-state index >= 15 is 0 Å². The predicted octanol–water partition coefficient (Wildman–Crippen LogP) is 5.18. The fourth-order valence-electron chi connectivity index (χ4n) is 5.99. The van der Waals surface area contributed by atoms with Gasteiger partial charge in [-0.1, -0.05) is 23.9 Å². The summed E-state index contributed by atoms with van der Waals surface area (Å²) >= 11 is 1.78. The monoisotopic (exact) mass is 493 g/mol. The maximum atomic E-state index is 12.8. The molecule has 1 saturated heterocycles. The molecule has 1 aromatic heterocycles. The molecule has 9 heteroatoms. The van der Waals surface area contributed by atoms with E-state index in [-0.39, 0.29) is 5.41 Å². The third kappa shape index (κ3) is 5.02. The lowest BCUT2D eigenvalue weighted by molar-refractivity contribution is -0.137. The Bertz CT molecular complexity index is 983. The Balaban J connectivity index is 1.06. The first-order chi connectivity index (χ1) is 16.2. The largest absolute Gasteiger partial charge is 0.416 e. The van der Waals surface area contributed by atoms with Crippen LogP contribution in [0.2, 0.25) is 0 Å². The van der Waals surface area contributed by atoms with Crippen molar-refractivity contribution in [3.8, 4) is 0 Å². The second-order valence-corrected chi connectivity index (χ2v) is 11.5. The molecule has 3 fully saturated rings. The van der Waals surface area contributed by atoms with Crippen molar-refractivity contribution in [2.45, 2.75) is 74.2 Å². The SMILES string of the molecule is Cn1c(SCCCN2CCC3(CC3c3ccc(C(F)(F)F)cc3)C2)nnc1C1CCC(N)CC1. The van der Waals surface area contributed by atoms with Gasteiger partial charge < -0.3 is 15.2 Å². The van der Waals surface area contributed by atoms with Crippen LogP contribution in [0, 0.1) is 5.41 Å². The molecule has 2 atom stereocenters. The highest BCUT2D eigenvalue weighted by Gasteiger charge is 2.57. The molecular weight excluding hydrogens is 459 g/mol. The first kappa shape index (κ1) is 24.1. The molecular formula is C25H34F3N5S. The molecule has 34 heavy (non-hydrogen) atoms. The molecule has 0 amide bonds. The van der Waals surface area contributed by atoms with E-state index in [0.717, 1.165) is 86.9 Å². The Morgan fingerprint density at radius 1 is 1.12 bits per heavy atom. The zero-order chi connectivity index (χ0) is 23.9. The van der Waals surface area contributed by atoms with Gasteiger partial charge >= 0.3 is 6.18 Å². The van der Waals surface area contributed by atoms with Crippen LogP contribution in [-0.4, -0.2) is 51.1 Å². The minimum atomic E-state index is -4.27. The summed E-state index contributed by atoms with van der Waals surface area (Å²) < 4.78 is 40.7. The molecule has 2 aliphatic carbocycles. The van der Waals surface area contributed by atoms with Crippen molar-refractivity contribution >= 4 is 11.8 Å². The minimum Gasteiger partial charge on any atom is -0.328 e. The number of thioether (sulfide) groups is 1. The van der Waals surface area contributed by atoms with E-state index in [9.17, 15) is 13.2 Å². The number of nitrogens with zero attached hydrogens (tertiary/aromatic N) is 4. The molecule has 5 rings (SSSR count). The van der Waals surface area contributed by atoms with Gasteiger partial charge in [0.05, 0.1) is 5.56 Å². The fourth-order valence-corrected chi connectivity index (χ4v) is 6.83. The molecule has 2 unspecified atom stereocenters. The van der Waals surface area contributed by atoms with Crippen LogP contribution in [0.1, 0.15) is 73.7 Å². The Labute approximate surface area is 203 Å². The number of halogens is 3. The number of nitrogens with two attached hydrogens (primary N) is 1. The molecule has 3 aliphatic rings. The van der Waals surface area contributed by atoms with Gasteiger partial charge in [-0.2, -0.15) is 13.2 Å². The van der Waals surface area contributed by atoms with Gasteiger partial charge in [-0.15, -0.1) is 10.2 Å². The average Bonchev–Trinajstić information content (AvgIpc) is 3.16. The molecule has 1 aromatic carbocycles. The van der Waals surface area contributed by atoms with E-state index in [1.807, 2.05) is 0 Å². The number of aromatic nitrogens is 3. The van der Waals surface area contributed by atoms with Gasteiger partial charge in [0.25, 0.3) is 0 Å². The summed E-state index contributed by atoms with van der Waals surface area (Å²) in [5.41, 5.74) is 6.81. The summed E-state index contributed by atoms with van der Waals surface area (Å²) in [6.45, 7) is 3.20. The molecule has 1 aliphatic heterocycles. The van der Waals surface area contributed by atoms with Crippen LogP contribution in [0.25, 0.3) is 0 Å². The molecule has 2 saturated carbocycles. The third-order valence-corrected chi connectivity index (χ3v) is 9.26. The second kappa shape index (κ2) is 9.47. The van der Waals surface area contributed by atoms with Crippen molar-refractivity contribution in [1.82, 2.24) is 19.7 Å². The maximum absolute atomic E-state index is 12.8. The van der Waals surface area contributed by atoms with Crippen LogP contribution in [0.15, 0.2) is 29.4 Å². The highest BCUT2D eigenvalue weighted by molar-refractivity contribution is 7.99. The fraction of sp³-hybridized carbons (Fsp3) is 0.680. The van der Waals surface area contributed by atoms with E-state index in [2.05, 4.69) is 26.7 Å². The summed E-state index contributed by atoms with van der Waals surface area (Å²) in [4.78, 5) is 2.53. The van der Waals surface area contributed by atoms with Crippen molar-refractivity contribution in [2.75, 3.05) is 25.4 Å². The highest BCUT2D eigenvalue weighted by Crippen LogP contribution is 2.64. The summed E-state index contributed by atoms with van der Waals surface area (Å²) in [5, 5.41) is 9.91. The van der Waals surface area contributed by atoms with Crippen LogP contribution in [-0.2, 0) is 13.2 Å². The normalized spacial score (nSPS) is 29.7. The summed E-state index contributed by atoms with van der Waals surface area (Å²) in [7, 11) is 2.07. The molecule has 0 radical (unpaired) electrons. The number of benzene rings is 1. The summed E-state index contributed by atoms with van der Waals surface area (Å²) in [5.74, 6) is 2.98. The minimum absolute atomic E-state index is 0.272. The van der Waals surface area contributed by atoms with Crippen LogP contribution in [0.4, 0.5) is 13.2 Å². The van der Waals surface area contributed by atoms with Gasteiger partial charge in [-0.3, -0.25) is 0 Å². The van der Waals surface area contributed by atoms with Gasteiger partial charge in [-0.05, 0) is 87.1 Å². The predicted molar refractivity (Wildman–Crippen MR) is 128 cm³/mol. The Hall–Kier alpha value is -1.58. The van der Waals surface area contributed by atoms with Crippen LogP contribution in [0.5, 0.6) is 0 Å². The Kier molecular flexibility index (Phi) is 6.72. The highest BCUT2D eigenvalue weighted by atomic mass is 32.2. The first-order valence-corrected chi connectivity index (χ1v) is 13.4. The van der Waals surface area contributed by atoms with Gasteiger partial charge in [0, 0.05) is 31.3 Å². The summed E-state index contributed by atoms with van der Waals surface area (Å²) in [6, 6.07) is 6.15. The van der Waals surface area contributed by atoms with Crippen molar-refractivity contribution in [3.05, 3.63) is 41.2 Å². The van der Waals surface area contributed by atoms with Gasteiger partial charge in [0.2, 0.25) is 0 Å². The van der Waals surface area contributed by atoms with E-state index in [0.29, 0.717) is 17.9 Å². The number of likely N-dealkylation sites (tertiary alicyclic amines) is 1. The van der Waals surface area contributed by atoms with Crippen molar-refractivity contribution in [2.24, 2.45) is 18.2 Å². The average molecular weight is 494 g/mol. The zero-order valence-electron chi connectivity index (χ0n) is 19.7. The zero-order valence-corrected chi connectivity index (χ0v) is 20.5. The Morgan fingerprint density at radius 3 is 2.56 bits per heavy atom. The number of alkyl halides is 3. The lowest BCUT2D eigenvalue weighted by Gasteiger charge is -2.25. The third-order valence-electron chi connectivity index (χ3n) is 8.15. The Morgan fingerprint density at radius 2 is 1.85 bits per heavy atom. The molecule has 2 heterocycles. The first-order valence-electron chi connectivity index (χ1n) is 12.4.